The predicted molar refractivity (Wildman–Crippen MR) is 87.1 cm³/mol. The number of nitrogens with zero attached hydrogens (tertiary/aromatic N) is 1. The van der Waals surface area contributed by atoms with Gasteiger partial charge < -0.3 is 15.5 Å². The highest BCUT2D eigenvalue weighted by Crippen LogP contribution is 2.29. The van der Waals surface area contributed by atoms with Gasteiger partial charge in [0.2, 0.25) is 5.91 Å². The molecule has 0 aromatic carbocycles. The molecular weight excluding hydrogens is 298 g/mol. The molecule has 2 aliphatic heterocycles. The quantitative estimate of drug-likeness (QED) is 0.871. The summed E-state index contributed by atoms with van der Waals surface area (Å²) >= 11 is 1.57. The summed E-state index contributed by atoms with van der Waals surface area (Å²) in [5.41, 5.74) is 0. The zero-order chi connectivity index (χ0) is 15.4. The maximum Gasteiger partial charge on any atom is 0.261 e. The number of amides is 2. The zero-order valence-electron chi connectivity index (χ0n) is 12.8. The molecule has 3 heterocycles. The third-order valence-electron chi connectivity index (χ3n) is 4.34. The topological polar surface area (TPSA) is 61.4 Å². The van der Waals surface area contributed by atoms with E-state index in [4.69, 9.17) is 0 Å². The number of hydrogen-bond donors (Lipinski definition) is 2. The van der Waals surface area contributed by atoms with E-state index in [9.17, 15) is 9.59 Å². The van der Waals surface area contributed by atoms with Crippen LogP contribution in [-0.4, -0.2) is 42.9 Å². The molecule has 0 saturated carbocycles. The van der Waals surface area contributed by atoms with Gasteiger partial charge in [-0.05, 0) is 44.4 Å². The van der Waals surface area contributed by atoms with Crippen LogP contribution in [0.2, 0.25) is 0 Å². The lowest BCUT2D eigenvalue weighted by Gasteiger charge is -2.26. The zero-order valence-corrected chi connectivity index (χ0v) is 13.6. The molecule has 0 spiro atoms. The average Bonchev–Trinajstić information content (AvgIpc) is 3.20. The van der Waals surface area contributed by atoms with Gasteiger partial charge in [-0.1, -0.05) is 0 Å². The summed E-state index contributed by atoms with van der Waals surface area (Å²) in [6, 6.07) is 4.37. The van der Waals surface area contributed by atoms with Crippen LogP contribution in [0, 0.1) is 0 Å². The number of hydrogen-bond acceptors (Lipinski definition) is 4. The van der Waals surface area contributed by atoms with Gasteiger partial charge >= 0.3 is 0 Å². The molecule has 2 fully saturated rings. The first kappa shape index (κ1) is 15.5. The SMILES string of the molecule is O=C(NCCN1CCCCC1=O)c1ccc([C@H]2CCCN2)s1. The lowest BCUT2D eigenvalue weighted by molar-refractivity contribution is -0.133. The van der Waals surface area contributed by atoms with Crippen molar-refractivity contribution in [2.45, 2.75) is 38.1 Å². The number of rotatable bonds is 5. The Morgan fingerprint density at radius 2 is 2.27 bits per heavy atom. The highest BCUT2D eigenvalue weighted by Gasteiger charge is 2.20. The largest absolute Gasteiger partial charge is 0.350 e. The predicted octanol–water partition coefficient (Wildman–Crippen LogP) is 1.91. The van der Waals surface area contributed by atoms with Gasteiger partial charge in [0.1, 0.15) is 0 Å². The molecule has 5 nitrogen and oxygen atoms in total. The molecule has 0 bridgehead atoms. The van der Waals surface area contributed by atoms with Crippen LogP contribution >= 0.6 is 11.3 Å². The average molecular weight is 321 g/mol. The standard InChI is InChI=1S/C16H23N3O2S/c20-15-5-1-2-10-19(15)11-9-18-16(21)14-7-6-13(22-14)12-4-3-8-17-12/h6-7,12,17H,1-5,8-11H2,(H,18,21)/t12-/m1/s1. The van der Waals surface area contributed by atoms with Crippen LogP contribution in [0.3, 0.4) is 0 Å². The second-order valence-corrected chi connectivity index (χ2v) is 7.06. The van der Waals surface area contributed by atoms with Crippen molar-refractivity contribution in [3.05, 3.63) is 21.9 Å². The summed E-state index contributed by atoms with van der Waals surface area (Å²) < 4.78 is 0. The van der Waals surface area contributed by atoms with E-state index in [0.29, 0.717) is 25.6 Å². The smallest absolute Gasteiger partial charge is 0.261 e. The highest BCUT2D eigenvalue weighted by atomic mass is 32.1. The summed E-state index contributed by atoms with van der Waals surface area (Å²) in [6.07, 6.45) is 5.07. The molecular formula is C16H23N3O2S. The second kappa shape index (κ2) is 7.24. The van der Waals surface area contributed by atoms with Crippen molar-refractivity contribution in [1.29, 1.82) is 0 Å². The molecule has 0 aliphatic carbocycles. The van der Waals surface area contributed by atoms with Gasteiger partial charge in [0.25, 0.3) is 5.91 Å². The van der Waals surface area contributed by atoms with E-state index >= 15 is 0 Å². The monoisotopic (exact) mass is 321 g/mol. The van der Waals surface area contributed by atoms with Crippen LogP contribution in [0.25, 0.3) is 0 Å². The van der Waals surface area contributed by atoms with Gasteiger partial charge in [0.05, 0.1) is 4.88 Å². The van der Waals surface area contributed by atoms with E-state index in [0.717, 1.165) is 37.2 Å². The fraction of sp³-hybridized carbons (Fsp3) is 0.625. The minimum Gasteiger partial charge on any atom is -0.350 e. The van der Waals surface area contributed by atoms with Crippen LogP contribution in [0.5, 0.6) is 0 Å². The van der Waals surface area contributed by atoms with Crippen LogP contribution in [0.4, 0.5) is 0 Å². The van der Waals surface area contributed by atoms with E-state index in [2.05, 4.69) is 16.7 Å². The normalized spacial score (nSPS) is 22.1. The van der Waals surface area contributed by atoms with Crippen molar-refractivity contribution in [1.82, 2.24) is 15.5 Å². The van der Waals surface area contributed by atoms with Crippen LogP contribution in [-0.2, 0) is 4.79 Å². The third kappa shape index (κ3) is 3.67. The number of carbonyl (C=O) groups is 2. The molecule has 2 saturated heterocycles. The Kier molecular flexibility index (Phi) is 5.10. The molecule has 6 heteroatoms. The number of thiophene rings is 1. The Balaban J connectivity index is 1.46. The van der Waals surface area contributed by atoms with Crippen molar-refractivity contribution in [2.75, 3.05) is 26.2 Å². The van der Waals surface area contributed by atoms with Gasteiger partial charge in [-0.3, -0.25) is 9.59 Å². The summed E-state index contributed by atoms with van der Waals surface area (Å²) in [7, 11) is 0. The molecule has 0 radical (unpaired) electrons. The maximum atomic E-state index is 12.2. The lowest BCUT2D eigenvalue weighted by atomic mass is 10.1. The van der Waals surface area contributed by atoms with E-state index in [1.165, 1.54) is 11.3 Å². The van der Waals surface area contributed by atoms with E-state index in [1.807, 2.05) is 11.0 Å². The highest BCUT2D eigenvalue weighted by molar-refractivity contribution is 7.14. The fourth-order valence-corrected chi connectivity index (χ4v) is 4.11. The van der Waals surface area contributed by atoms with E-state index < -0.39 is 0 Å². The van der Waals surface area contributed by atoms with Gasteiger partial charge in [-0.15, -0.1) is 11.3 Å². The molecule has 2 N–H and O–H groups in total. The van der Waals surface area contributed by atoms with Crippen molar-refractivity contribution in [3.63, 3.8) is 0 Å². The fourth-order valence-electron chi connectivity index (χ4n) is 3.08. The summed E-state index contributed by atoms with van der Waals surface area (Å²) in [5, 5.41) is 6.38. The van der Waals surface area contributed by atoms with Gasteiger partial charge in [0, 0.05) is 37.0 Å². The van der Waals surface area contributed by atoms with Crippen molar-refractivity contribution >= 4 is 23.2 Å². The first-order valence-electron chi connectivity index (χ1n) is 8.13. The second-order valence-electron chi connectivity index (χ2n) is 5.94. The number of nitrogens with one attached hydrogen (secondary N) is 2. The molecule has 0 unspecified atom stereocenters. The molecule has 2 aliphatic rings. The van der Waals surface area contributed by atoms with Crippen molar-refractivity contribution in [2.24, 2.45) is 0 Å². The third-order valence-corrected chi connectivity index (χ3v) is 5.54. The number of carbonyl (C=O) groups excluding carboxylic acids is 2. The van der Waals surface area contributed by atoms with Gasteiger partial charge in [-0.2, -0.15) is 0 Å². The first-order valence-corrected chi connectivity index (χ1v) is 8.95. The van der Waals surface area contributed by atoms with Gasteiger partial charge in [-0.25, -0.2) is 0 Å². The Morgan fingerprint density at radius 1 is 1.36 bits per heavy atom. The molecule has 3 rings (SSSR count). The Labute approximate surface area is 135 Å². The van der Waals surface area contributed by atoms with Gasteiger partial charge in [0.15, 0.2) is 0 Å². The van der Waals surface area contributed by atoms with Crippen molar-refractivity contribution < 1.29 is 9.59 Å². The minimum atomic E-state index is -0.0290. The number of piperidine rings is 1. The minimum absolute atomic E-state index is 0.0290. The molecule has 1 aromatic heterocycles. The Hall–Kier alpha value is -1.40. The van der Waals surface area contributed by atoms with Crippen LogP contribution in [0.1, 0.15) is 52.7 Å². The molecule has 1 atom stereocenters. The van der Waals surface area contributed by atoms with Crippen LogP contribution in [0.15, 0.2) is 12.1 Å². The Morgan fingerprint density at radius 3 is 3.05 bits per heavy atom. The van der Waals surface area contributed by atoms with E-state index in [-0.39, 0.29) is 11.8 Å². The molecule has 120 valence electrons. The Bertz CT molecular complexity index is 537. The number of likely N-dealkylation sites (tertiary alicyclic amines) is 1. The molecule has 1 aromatic rings. The maximum absolute atomic E-state index is 12.2. The summed E-state index contributed by atoms with van der Waals surface area (Å²) in [6.45, 7) is 3.03. The summed E-state index contributed by atoms with van der Waals surface area (Å²) in [4.78, 5) is 27.7. The summed E-state index contributed by atoms with van der Waals surface area (Å²) in [5.74, 6) is 0.185. The van der Waals surface area contributed by atoms with Crippen LogP contribution < -0.4 is 10.6 Å². The van der Waals surface area contributed by atoms with Crippen molar-refractivity contribution in [3.8, 4) is 0 Å². The molecule has 22 heavy (non-hydrogen) atoms. The lowest BCUT2D eigenvalue weighted by Crippen LogP contribution is -2.40. The molecule has 2 amide bonds. The first-order chi connectivity index (χ1) is 10.7. The van der Waals surface area contributed by atoms with E-state index in [1.54, 1.807) is 11.3 Å².